The molecule has 0 bridgehead atoms. The number of hydrogen-bond donors (Lipinski definition) is 3. The largest absolute Gasteiger partial charge is 0.505 e. The number of aryl methyl sites for hydroxylation is 1. The quantitative estimate of drug-likeness (QED) is 0.657. The number of amides is 1. The summed E-state index contributed by atoms with van der Waals surface area (Å²) in [6.45, 7) is 0. The minimum atomic E-state index is -0.295. The average Bonchev–Trinajstić information content (AvgIpc) is 3.07. The predicted molar refractivity (Wildman–Crippen MR) is 66.9 cm³/mol. The Kier molecular flexibility index (Phi) is 3.52. The average molecular weight is 234 g/mol. The van der Waals surface area contributed by atoms with Crippen molar-refractivity contribution >= 4 is 11.6 Å². The molecule has 1 aromatic carbocycles. The minimum Gasteiger partial charge on any atom is -0.505 e. The summed E-state index contributed by atoms with van der Waals surface area (Å²) in [6.07, 6.45) is 4.06. The van der Waals surface area contributed by atoms with Crippen LogP contribution in [0.5, 0.6) is 5.75 Å². The van der Waals surface area contributed by atoms with Gasteiger partial charge in [-0.3, -0.25) is 4.79 Å². The van der Waals surface area contributed by atoms with Crippen LogP contribution in [0.15, 0.2) is 18.2 Å². The van der Waals surface area contributed by atoms with Gasteiger partial charge in [-0.05, 0) is 37.3 Å². The number of nitrogens with two attached hydrogens (primary N) is 1. The first-order valence-electron chi connectivity index (χ1n) is 6.02. The molecule has 4 nitrogen and oxygen atoms in total. The maximum absolute atomic E-state index is 10.6. The fourth-order valence-corrected chi connectivity index (χ4v) is 1.81. The maximum atomic E-state index is 10.6. The number of primary amides is 1. The Balaban J connectivity index is 1.98. The number of rotatable bonds is 6. The van der Waals surface area contributed by atoms with Gasteiger partial charge in [0, 0.05) is 12.5 Å². The van der Waals surface area contributed by atoms with Gasteiger partial charge >= 0.3 is 0 Å². The molecule has 4 N–H and O–H groups in total. The Bertz CT molecular complexity index is 414. The molecular weight excluding hydrogens is 216 g/mol. The number of carbonyl (C=O) groups is 1. The molecule has 1 amide bonds. The summed E-state index contributed by atoms with van der Waals surface area (Å²) < 4.78 is 0. The Hall–Kier alpha value is -1.71. The SMILES string of the molecule is NC(=O)CCCc1cccc(NC2CC2)c1O. The standard InChI is InChI=1S/C13H18N2O2/c14-12(16)6-2-4-9-3-1-5-11(13(9)17)15-10-7-8-10/h1,3,5,10,15,17H,2,4,6-8H2,(H2,14,16). The Morgan fingerprint density at radius 3 is 2.88 bits per heavy atom. The first-order valence-corrected chi connectivity index (χ1v) is 6.02. The van der Waals surface area contributed by atoms with E-state index in [0.717, 1.165) is 11.3 Å². The van der Waals surface area contributed by atoms with Gasteiger partial charge < -0.3 is 16.2 Å². The molecule has 1 aliphatic carbocycles. The number of anilines is 1. The number of aromatic hydroxyl groups is 1. The van der Waals surface area contributed by atoms with Crippen molar-refractivity contribution < 1.29 is 9.90 Å². The molecule has 0 aliphatic heterocycles. The van der Waals surface area contributed by atoms with Crippen LogP contribution in [0.3, 0.4) is 0 Å². The zero-order chi connectivity index (χ0) is 12.3. The van der Waals surface area contributed by atoms with E-state index in [0.29, 0.717) is 31.1 Å². The van der Waals surface area contributed by atoms with Crippen LogP contribution in [0.1, 0.15) is 31.2 Å². The normalized spacial score (nSPS) is 14.6. The van der Waals surface area contributed by atoms with Crippen LogP contribution in [0.2, 0.25) is 0 Å². The van der Waals surface area contributed by atoms with Crippen molar-refractivity contribution in [1.82, 2.24) is 0 Å². The number of nitrogens with one attached hydrogen (secondary N) is 1. The molecule has 92 valence electrons. The smallest absolute Gasteiger partial charge is 0.217 e. The molecule has 0 spiro atoms. The van der Waals surface area contributed by atoms with Gasteiger partial charge in [0.2, 0.25) is 5.91 Å². The predicted octanol–water partition coefficient (Wildman–Crippen LogP) is 1.77. The molecule has 1 saturated carbocycles. The highest BCUT2D eigenvalue weighted by Crippen LogP contribution is 2.33. The van der Waals surface area contributed by atoms with Crippen LogP contribution >= 0.6 is 0 Å². The van der Waals surface area contributed by atoms with Crippen molar-refractivity contribution in [3.63, 3.8) is 0 Å². The van der Waals surface area contributed by atoms with Gasteiger partial charge in [0.25, 0.3) is 0 Å². The Morgan fingerprint density at radius 1 is 1.47 bits per heavy atom. The van der Waals surface area contributed by atoms with Gasteiger partial charge in [-0.1, -0.05) is 12.1 Å². The van der Waals surface area contributed by atoms with E-state index in [2.05, 4.69) is 5.32 Å². The third-order valence-corrected chi connectivity index (χ3v) is 2.93. The van der Waals surface area contributed by atoms with Gasteiger partial charge in [-0.25, -0.2) is 0 Å². The molecule has 4 heteroatoms. The summed E-state index contributed by atoms with van der Waals surface area (Å²) in [7, 11) is 0. The second-order valence-corrected chi connectivity index (χ2v) is 4.55. The molecule has 0 aromatic heterocycles. The lowest BCUT2D eigenvalue weighted by Gasteiger charge is -2.10. The van der Waals surface area contributed by atoms with Crippen LogP contribution in [0.25, 0.3) is 0 Å². The number of benzene rings is 1. The summed E-state index contributed by atoms with van der Waals surface area (Å²) in [5.74, 6) is 0.0145. The van der Waals surface area contributed by atoms with Crippen LogP contribution in [-0.2, 0) is 11.2 Å². The molecule has 0 heterocycles. The van der Waals surface area contributed by atoms with Crippen molar-refractivity contribution in [1.29, 1.82) is 0 Å². The number of phenols is 1. The van der Waals surface area contributed by atoms with Gasteiger partial charge in [-0.2, -0.15) is 0 Å². The van der Waals surface area contributed by atoms with Crippen molar-refractivity contribution in [3.8, 4) is 5.75 Å². The van der Waals surface area contributed by atoms with Crippen molar-refractivity contribution in [3.05, 3.63) is 23.8 Å². The summed E-state index contributed by atoms with van der Waals surface area (Å²) in [4.78, 5) is 10.6. The summed E-state index contributed by atoms with van der Waals surface area (Å²) in [5.41, 5.74) is 6.75. The fraction of sp³-hybridized carbons (Fsp3) is 0.462. The molecule has 0 saturated heterocycles. The number of hydrogen-bond acceptors (Lipinski definition) is 3. The third kappa shape index (κ3) is 3.37. The molecule has 0 atom stereocenters. The first-order chi connectivity index (χ1) is 8.16. The highest BCUT2D eigenvalue weighted by molar-refractivity contribution is 5.73. The third-order valence-electron chi connectivity index (χ3n) is 2.93. The van der Waals surface area contributed by atoms with E-state index >= 15 is 0 Å². The molecule has 2 rings (SSSR count). The molecule has 0 radical (unpaired) electrons. The maximum Gasteiger partial charge on any atom is 0.217 e. The monoisotopic (exact) mass is 234 g/mol. The zero-order valence-corrected chi connectivity index (χ0v) is 9.78. The van der Waals surface area contributed by atoms with Gasteiger partial charge in [0.15, 0.2) is 0 Å². The van der Waals surface area contributed by atoms with Crippen molar-refractivity contribution in [2.45, 2.75) is 38.1 Å². The van der Waals surface area contributed by atoms with E-state index < -0.39 is 0 Å². The van der Waals surface area contributed by atoms with E-state index in [-0.39, 0.29) is 5.91 Å². The van der Waals surface area contributed by atoms with Crippen molar-refractivity contribution in [2.75, 3.05) is 5.32 Å². The van der Waals surface area contributed by atoms with Crippen LogP contribution in [0.4, 0.5) is 5.69 Å². The molecule has 17 heavy (non-hydrogen) atoms. The lowest BCUT2D eigenvalue weighted by atomic mass is 10.1. The molecule has 1 aromatic rings. The highest BCUT2D eigenvalue weighted by atomic mass is 16.3. The number of para-hydroxylation sites is 1. The van der Waals surface area contributed by atoms with E-state index in [1.807, 2.05) is 18.2 Å². The molecule has 1 fully saturated rings. The summed E-state index contributed by atoms with van der Waals surface area (Å²) in [5, 5.41) is 13.3. The van der Waals surface area contributed by atoms with E-state index in [1.54, 1.807) is 0 Å². The lowest BCUT2D eigenvalue weighted by Crippen LogP contribution is -2.10. The zero-order valence-electron chi connectivity index (χ0n) is 9.78. The van der Waals surface area contributed by atoms with Crippen LogP contribution in [0, 0.1) is 0 Å². The molecular formula is C13H18N2O2. The molecule has 1 aliphatic rings. The number of phenolic OH excluding ortho intramolecular Hbond substituents is 1. The van der Waals surface area contributed by atoms with Gasteiger partial charge in [-0.15, -0.1) is 0 Å². The molecule has 0 unspecified atom stereocenters. The van der Waals surface area contributed by atoms with E-state index in [9.17, 15) is 9.90 Å². The highest BCUT2D eigenvalue weighted by Gasteiger charge is 2.22. The first kappa shape index (κ1) is 11.8. The number of carbonyl (C=O) groups excluding carboxylic acids is 1. The lowest BCUT2D eigenvalue weighted by molar-refractivity contribution is -0.118. The minimum absolute atomic E-state index is 0.295. The van der Waals surface area contributed by atoms with Crippen LogP contribution < -0.4 is 11.1 Å². The summed E-state index contributed by atoms with van der Waals surface area (Å²) in [6, 6.07) is 6.20. The van der Waals surface area contributed by atoms with E-state index in [1.165, 1.54) is 12.8 Å². The van der Waals surface area contributed by atoms with Gasteiger partial charge in [0.05, 0.1) is 5.69 Å². The Labute approximate surface area is 101 Å². The van der Waals surface area contributed by atoms with Crippen molar-refractivity contribution in [2.24, 2.45) is 5.73 Å². The summed E-state index contributed by atoms with van der Waals surface area (Å²) >= 11 is 0. The second-order valence-electron chi connectivity index (χ2n) is 4.55. The Morgan fingerprint density at radius 2 is 2.24 bits per heavy atom. The second kappa shape index (κ2) is 5.08. The van der Waals surface area contributed by atoms with E-state index in [4.69, 9.17) is 5.73 Å². The topological polar surface area (TPSA) is 75.4 Å². The van der Waals surface area contributed by atoms with Gasteiger partial charge in [0.1, 0.15) is 5.75 Å². The fourth-order valence-electron chi connectivity index (χ4n) is 1.81. The van der Waals surface area contributed by atoms with Crippen LogP contribution in [-0.4, -0.2) is 17.1 Å².